The molecule has 3 heterocycles. The first-order chi connectivity index (χ1) is 14.4. The van der Waals surface area contributed by atoms with Gasteiger partial charge in [0.05, 0.1) is 31.2 Å². The molecule has 4 rings (SSSR count). The van der Waals surface area contributed by atoms with E-state index in [1.54, 1.807) is 18.7 Å². The van der Waals surface area contributed by atoms with Crippen LogP contribution >= 0.6 is 0 Å². The average molecular weight is 410 g/mol. The Morgan fingerprint density at radius 1 is 1.00 bits per heavy atom. The fourth-order valence-electron chi connectivity index (χ4n) is 3.80. The Morgan fingerprint density at radius 3 is 2.37 bits per heavy atom. The van der Waals surface area contributed by atoms with Gasteiger partial charge in [-0.25, -0.2) is 4.52 Å². The van der Waals surface area contributed by atoms with Crippen molar-refractivity contribution in [3.05, 3.63) is 35.3 Å². The number of aryl methyl sites for hydroxylation is 2. The molecule has 1 fully saturated rings. The van der Waals surface area contributed by atoms with Gasteiger partial charge in [-0.05, 0) is 38.6 Å². The van der Waals surface area contributed by atoms with E-state index in [2.05, 4.69) is 27.2 Å². The van der Waals surface area contributed by atoms with Gasteiger partial charge in [0.25, 0.3) is 5.91 Å². The van der Waals surface area contributed by atoms with Gasteiger partial charge < -0.3 is 19.3 Å². The van der Waals surface area contributed by atoms with Crippen LogP contribution in [0.25, 0.3) is 16.8 Å². The number of ether oxygens (including phenoxy) is 2. The molecule has 1 saturated heterocycles. The number of methoxy groups -OCH3 is 2. The summed E-state index contributed by atoms with van der Waals surface area (Å²) in [5.74, 6) is 1.17. The van der Waals surface area contributed by atoms with Crippen molar-refractivity contribution < 1.29 is 14.3 Å². The van der Waals surface area contributed by atoms with Crippen LogP contribution in [0.4, 0.5) is 0 Å². The molecule has 0 saturated carbocycles. The number of hydrogen-bond donors (Lipinski definition) is 0. The molecule has 30 heavy (non-hydrogen) atoms. The Bertz CT molecular complexity index is 1100. The van der Waals surface area contributed by atoms with E-state index < -0.39 is 0 Å². The average Bonchev–Trinajstić information content (AvgIpc) is 3.10. The number of rotatable bonds is 4. The number of carbonyl (C=O) groups excluding carboxylic acids is 1. The zero-order valence-electron chi connectivity index (χ0n) is 18.0. The maximum absolute atomic E-state index is 13.0. The summed E-state index contributed by atoms with van der Waals surface area (Å²) in [5.41, 5.74) is 4.17. The second-order valence-corrected chi connectivity index (χ2v) is 7.50. The lowest BCUT2D eigenvalue weighted by atomic mass is 10.1. The number of amides is 1. The molecule has 0 atom stereocenters. The van der Waals surface area contributed by atoms with Crippen LogP contribution < -0.4 is 9.47 Å². The molecular formula is C21H26N6O3. The number of likely N-dealkylation sites (N-methyl/N-ethyl adjacent to an activating group) is 1. The third-order valence-corrected chi connectivity index (χ3v) is 5.61. The van der Waals surface area contributed by atoms with Gasteiger partial charge in [0, 0.05) is 26.2 Å². The predicted molar refractivity (Wildman–Crippen MR) is 112 cm³/mol. The van der Waals surface area contributed by atoms with Crippen molar-refractivity contribution in [2.75, 3.05) is 47.4 Å². The van der Waals surface area contributed by atoms with Gasteiger partial charge >= 0.3 is 0 Å². The molecule has 3 aromatic rings. The van der Waals surface area contributed by atoms with Gasteiger partial charge in [0.1, 0.15) is 0 Å². The lowest BCUT2D eigenvalue weighted by Crippen LogP contribution is -2.47. The van der Waals surface area contributed by atoms with Gasteiger partial charge in [-0.2, -0.15) is 5.10 Å². The lowest BCUT2D eigenvalue weighted by Gasteiger charge is -2.32. The lowest BCUT2D eigenvalue weighted by molar-refractivity contribution is 0.0655. The molecular weight excluding hydrogens is 384 g/mol. The van der Waals surface area contributed by atoms with E-state index in [0.29, 0.717) is 41.6 Å². The van der Waals surface area contributed by atoms with E-state index in [4.69, 9.17) is 9.47 Å². The number of piperazine rings is 1. The summed E-state index contributed by atoms with van der Waals surface area (Å²) in [6.45, 7) is 6.85. The minimum Gasteiger partial charge on any atom is -0.493 e. The Hall–Kier alpha value is -3.20. The zero-order valence-corrected chi connectivity index (χ0v) is 18.0. The van der Waals surface area contributed by atoms with Crippen LogP contribution in [0.15, 0.2) is 18.2 Å². The van der Waals surface area contributed by atoms with Crippen molar-refractivity contribution in [3.63, 3.8) is 0 Å². The quantitative estimate of drug-likeness (QED) is 0.648. The third-order valence-electron chi connectivity index (χ3n) is 5.61. The minimum absolute atomic E-state index is 0.101. The first kappa shape index (κ1) is 20.1. The van der Waals surface area contributed by atoms with E-state index in [0.717, 1.165) is 29.9 Å². The Morgan fingerprint density at radius 2 is 1.70 bits per heavy atom. The van der Waals surface area contributed by atoms with Gasteiger partial charge in [0.2, 0.25) is 0 Å². The standard InChI is InChI=1S/C21H26N6O3/c1-13-18(15-6-7-16(29-4)17(12-15)30-5)20-23-22-19(14(2)27(20)24-13)21(28)26-10-8-25(3)9-11-26/h6-7,12H,8-11H2,1-5H3. The molecule has 1 amide bonds. The van der Waals surface area contributed by atoms with Crippen molar-refractivity contribution in [1.29, 1.82) is 0 Å². The topological polar surface area (TPSA) is 85.1 Å². The summed E-state index contributed by atoms with van der Waals surface area (Å²) >= 11 is 0. The Kier molecular flexibility index (Phi) is 5.29. The van der Waals surface area contributed by atoms with Crippen LogP contribution in [0, 0.1) is 13.8 Å². The first-order valence-electron chi connectivity index (χ1n) is 9.87. The molecule has 1 aliphatic rings. The smallest absolute Gasteiger partial charge is 0.276 e. The van der Waals surface area contributed by atoms with E-state index in [-0.39, 0.29) is 5.91 Å². The number of fused-ring (bicyclic) bond motifs is 1. The summed E-state index contributed by atoms with van der Waals surface area (Å²) in [7, 11) is 5.26. The summed E-state index contributed by atoms with van der Waals surface area (Å²) < 4.78 is 12.5. The second-order valence-electron chi connectivity index (χ2n) is 7.50. The number of hydrogen-bond acceptors (Lipinski definition) is 7. The fourth-order valence-corrected chi connectivity index (χ4v) is 3.80. The van der Waals surface area contributed by atoms with Crippen LogP contribution in [0.5, 0.6) is 11.5 Å². The molecule has 9 nitrogen and oxygen atoms in total. The number of nitrogens with zero attached hydrogens (tertiary/aromatic N) is 6. The van der Waals surface area contributed by atoms with Crippen LogP contribution in [-0.2, 0) is 0 Å². The van der Waals surface area contributed by atoms with Gasteiger partial charge in [-0.3, -0.25) is 4.79 Å². The van der Waals surface area contributed by atoms with Gasteiger partial charge in [0.15, 0.2) is 22.8 Å². The normalized spacial score (nSPS) is 14.9. The van der Waals surface area contributed by atoms with E-state index in [1.165, 1.54) is 0 Å². The van der Waals surface area contributed by atoms with Crippen molar-refractivity contribution in [2.24, 2.45) is 0 Å². The highest BCUT2D eigenvalue weighted by molar-refractivity contribution is 5.94. The van der Waals surface area contributed by atoms with Crippen molar-refractivity contribution in [1.82, 2.24) is 29.6 Å². The maximum atomic E-state index is 13.0. The Balaban J connectivity index is 1.76. The first-order valence-corrected chi connectivity index (χ1v) is 9.87. The van der Waals surface area contributed by atoms with Gasteiger partial charge in [-0.1, -0.05) is 6.07 Å². The molecule has 0 bridgehead atoms. The SMILES string of the molecule is COc1ccc(-c2c(C)nn3c(C)c(C(=O)N4CCN(C)CC4)nnc23)cc1OC. The number of benzene rings is 1. The summed E-state index contributed by atoms with van der Waals surface area (Å²) in [6.07, 6.45) is 0. The molecule has 1 aliphatic heterocycles. The molecule has 9 heteroatoms. The highest BCUT2D eigenvalue weighted by atomic mass is 16.5. The highest BCUT2D eigenvalue weighted by Gasteiger charge is 2.26. The van der Waals surface area contributed by atoms with E-state index in [1.807, 2.05) is 36.9 Å². The zero-order chi connectivity index (χ0) is 21.4. The Labute approximate surface area is 175 Å². The van der Waals surface area contributed by atoms with Crippen molar-refractivity contribution >= 4 is 11.6 Å². The monoisotopic (exact) mass is 410 g/mol. The molecule has 0 radical (unpaired) electrons. The molecule has 0 aliphatic carbocycles. The number of carbonyl (C=O) groups is 1. The van der Waals surface area contributed by atoms with E-state index >= 15 is 0 Å². The summed E-state index contributed by atoms with van der Waals surface area (Å²) in [5, 5.41) is 13.3. The predicted octanol–water partition coefficient (Wildman–Crippen LogP) is 1.81. The van der Waals surface area contributed by atoms with Crippen molar-refractivity contribution in [2.45, 2.75) is 13.8 Å². The molecule has 0 spiro atoms. The molecule has 0 N–H and O–H groups in total. The molecule has 2 aromatic heterocycles. The minimum atomic E-state index is -0.101. The molecule has 0 unspecified atom stereocenters. The van der Waals surface area contributed by atoms with Crippen LogP contribution in [-0.4, -0.2) is 83.0 Å². The largest absolute Gasteiger partial charge is 0.493 e. The molecule has 158 valence electrons. The van der Waals surface area contributed by atoms with Crippen LogP contribution in [0.1, 0.15) is 21.9 Å². The number of aromatic nitrogens is 4. The fraction of sp³-hybridized carbons (Fsp3) is 0.429. The second kappa shape index (κ2) is 7.91. The van der Waals surface area contributed by atoms with Crippen LogP contribution in [0.3, 0.4) is 0 Å². The van der Waals surface area contributed by atoms with E-state index in [9.17, 15) is 4.79 Å². The third kappa shape index (κ3) is 3.35. The summed E-state index contributed by atoms with van der Waals surface area (Å²) in [6, 6.07) is 5.68. The summed E-state index contributed by atoms with van der Waals surface area (Å²) in [4.78, 5) is 17.1. The molecule has 1 aromatic carbocycles. The van der Waals surface area contributed by atoms with Crippen molar-refractivity contribution in [3.8, 4) is 22.6 Å². The highest BCUT2D eigenvalue weighted by Crippen LogP contribution is 2.35. The van der Waals surface area contributed by atoms with Gasteiger partial charge in [-0.15, -0.1) is 10.2 Å². The maximum Gasteiger partial charge on any atom is 0.276 e. The van der Waals surface area contributed by atoms with Crippen LogP contribution in [0.2, 0.25) is 0 Å².